The van der Waals surface area contributed by atoms with E-state index in [1.165, 1.54) is 113 Å². The van der Waals surface area contributed by atoms with E-state index in [-0.39, 0.29) is 10.8 Å². The second-order valence-electron chi connectivity index (χ2n) is 14.3. The monoisotopic (exact) mass is 694 g/mol. The molecule has 0 spiro atoms. The summed E-state index contributed by atoms with van der Waals surface area (Å²) in [6, 6.07) is 29.1. The van der Waals surface area contributed by atoms with Crippen LogP contribution in [0, 0.1) is 0 Å². The Kier molecular flexibility index (Phi) is 14.7. The van der Waals surface area contributed by atoms with Crippen molar-refractivity contribution in [2.75, 3.05) is 25.1 Å². The third kappa shape index (κ3) is 9.61. The fourth-order valence-electron chi connectivity index (χ4n) is 7.92. The lowest BCUT2D eigenvalue weighted by atomic mass is 9.66. The van der Waals surface area contributed by atoms with E-state index in [0.29, 0.717) is 0 Å². The van der Waals surface area contributed by atoms with Crippen molar-refractivity contribution in [3.8, 4) is 0 Å². The van der Waals surface area contributed by atoms with E-state index in [9.17, 15) is 0 Å². The zero-order chi connectivity index (χ0) is 34.4. The summed E-state index contributed by atoms with van der Waals surface area (Å²) in [5.74, 6) is 1.19. The molecule has 2 N–H and O–H groups in total. The van der Waals surface area contributed by atoms with Gasteiger partial charge in [0, 0.05) is 45.1 Å². The first-order chi connectivity index (χ1) is 24.1. The van der Waals surface area contributed by atoms with Crippen LogP contribution in [0.1, 0.15) is 133 Å². The highest BCUT2D eigenvalue weighted by atomic mass is 32.2. The van der Waals surface area contributed by atoms with Gasteiger partial charge < -0.3 is 10.6 Å². The Hall–Kier alpha value is -2.56. The molecule has 264 valence electrons. The molecule has 49 heavy (non-hydrogen) atoms. The van der Waals surface area contributed by atoms with Crippen molar-refractivity contribution in [2.45, 2.75) is 131 Å². The number of rotatable bonds is 19. The number of thioether (sulfide) groups is 2. The van der Waals surface area contributed by atoms with Gasteiger partial charge in [0.2, 0.25) is 0 Å². The Morgan fingerprint density at radius 2 is 1.08 bits per heavy atom. The minimum Gasteiger partial charge on any atom is -0.389 e. The van der Waals surface area contributed by atoms with Crippen LogP contribution in [-0.2, 0) is 10.8 Å². The minimum atomic E-state index is -0.193. The van der Waals surface area contributed by atoms with Gasteiger partial charge in [-0.05, 0) is 103 Å². The molecule has 2 unspecified atom stereocenters. The summed E-state index contributed by atoms with van der Waals surface area (Å²) < 4.78 is 0. The third-order valence-corrected chi connectivity index (χ3v) is 12.6. The van der Waals surface area contributed by atoms with Crippen LogP contribution in [0.5, 0.6) is 0 Å². The first-order valence-electron chi connectivity index (χ1n) is 19.5. The summed E-state index contributed by atoms with van der Waals surface area (Å²) in [5.41, 5.74) is 8.17. The van der Waals surface area contributed by atoms with Crippen molar-refractivity contribution >= 4 is 23.5 Å². The normalized spacial score (nSPS) is 18.7. The molecule has 0 saturated carbocycles. The van der Waals surface area contributed by atoms with Crippen LogP contribution in [0.3, 0.4) is 0 Å². The van der Waals surface area contributed by atoms with Crippen molar-refractivity contribution in [1.82, 2.24) is 10.6 Å². The molecular formula is C45H62N2S2. The molecule has 0 aliphatic carbocycles. The summed E-state index contributed by atoms with van der Waals surface area (Å²) in [7, 11) is 0. The predicted molar refractivity (Wildman–Crippen MR) is 217 cm³/mol. The van der Waals surface area contributed by atoms with Crippen LogP contribution in [-0.4, -0.2) is 25.1 Å². The molecule has 0 amide bonds. The van der Waals surface area contributed by atoms with Gasteiger partial charge in [-0.3, -0.25) is 0 Å². The molecule has 2 aliphatic rings. The van der Waals surface area contributed by atoms with Crippen LogP contribution >= 0.6 is 23.5 Å². The van der Waals surface area contributed by atoms with E-state index in [1.54, 1.807) is 0 Å². The quantitative estimate of drug-likeness (QED) is 0.0963. The second kappa shape index (κ2) is 19.2. The van der Waals surface area contributed by atoms with Crippen molar-refractivity contribution in [2.24, 2.45) is 0 Å². The highest BCUT2D eigenvalue weighted by Gasteiger charge is 2.37. The summed E-state index contributed by atoms with van der Waals surface area (Å²) in [5, 5.41) is 7.57. The average molecular weight is 695 g/mol. The summed E-state index contributed by atoms with van der Waals surface area (Å²) in [4.78, 5) is 2.72. The van der Waals surface area contributed by atoms with Gasteiger partial charge in [0.1, 0.15) is 0 Å². The first-order valence-corrected chi connectivity index (χ1v) is 21.7. The van der Waals surface area contributed by atoms with Crippen LogP contribution in [0.25, 0.3) is 0 Å². The molecule has 3 aromatic rings. The first kappa shape index (κ1) is 37.7. The summed E-state index contributed by atoms with van der Waals surface area (Å²) in [6.07, 6.45) is 24.3. The molecule has 0 aromatic heterocycles. The maximum atomic E-state index is 3.79. The summed E-state index contributed by atoms with van der Waals surface area (Å²) in [6.45, 7) is 9.10. The van der Waals surface area contributed by atoms with Gasteiger partial charge >= 0.3 is 0 Å². The molecule has 2 aliphatic heterocycles. The molecule has 5 rings (SSSR count). The molecule has 2 saturated heterocycles. The van der Waals surface area contributed by atoms with Crippen molar-refractivity contribution in [3.05, 3.63) is 119 Å². The van der Waals surface area contributed by atoms with E-state index in [0.717, 1.165) is 38.8 Å². The van der Waals surface area contributed by atoms with E-state index in [4.69, 9.17) is 0 Å². The topological polar surface area (TPSA) is 24.1 Å². The third-order valence-electron chi connectivity index (χ3n) is 10.8. The smallest absolute Gasteiger partial charge is 0.0401 e. The second-order valence-corrected chi connectivity index (χ2v) is 16.3. The maximum absolute atomic E-state index is 3.79. The van der Waals surface area contributed by atoms with Crippen LogP contribution < -0.4 is 10.6 Å². The van der Waals surface area contributed by atoms with E-state index in [2.05, 4.69) is 123 Å². The van der Waals surface area contributed by atoms with Crippen LogP contribution in [0.4, 0.5) is 0 Å². The fraction of sp³-hybridized carbons (Fsp3) is 0.511. The number of hydrogen-bond donors (Lipinski definition) is 2. The molecule has 0 bridgehead atoms. The van der Waals surface area contributed by atoms with Crippen molar-refractivity contribution < 1.29 is 0 Å². The number of nitrogens with one attached hydrogen (secondary N) is 2. The van der Waals surface area contributed by atoms with Crippen molar-refractivity contribution in [1.29, 1.82) is 0 Å². The maximum Gasteiger partial charge on any atom is 0.0401 e. The summed E-state index contributed by atoms with van der Waals surface area (Å²) >= 11 is 3.83. The molecular weight excluding hydrogens is 633 g/mol. The Bertz CT molecular complexity index is 1480. The van der Waals surface area contributed by atoms with Gasteiger partial charge in [-0.2, -0.15) is 0 Å². The van der Waals surface area contributed by atoms with E-state index >= 15 is 0 Å². The van der Waals surface area contributed by atoms with Gasteiger partial charge in [-0.25, -0.2) is 0 Å². The highest BCUT2D eigenvalue weighted by Crippen LogP contribution is 2.46. The van der Waals surface area contributed by atoms with Gasteiger partial charge in [0.25, 0.3) is 0 Å². The molecule has 2 nitrogen and oxygen atoms in total. The fourth-order valence-corrected chi connectivity index (χ4v) is 9.32. The Balaban J connectivity index is 1.70. The SMILES string of the molecule is CCCCCC(/C=C1\CCCN1)(c1ccc(SC)cc1)c1cccc(C(/C=C2\CCCN2)(CCCCC)c2ccc(SCCCC)cc2)c1. The van der Waals surface area contributed by atoms with Crippen LogP contribution in [0.15, 0.2) is 106 Å². The molecule has 2 fully saturated rings. The van der Waals surface area contributed by atoms with Crippen molar-refractivity contribution in [3.63, 3.8) is 0 Å². The van der Waals surface area contributed by atoms with Gasteiger partial charge in [0.15, 0.2) is 0 Å². The number of allylic oxidation sites excluding steroid dienone is 4. The van der Waals surface area contributed by atoms with E-state index in [1.807, 2.05) is 23.5 Å². The molecule has 2 atom stereocenters. The number of benzene rings is 3. The predicted octanol–water partition coefficient (Wildman–Crippen LogP) is 12.6. The Labute approximate surface area is 307 Å². The lowest BCUT2D eigenvalue weighted by Gasteiger charge is -2.37. The molecule has 2 heterocycles. The van der Waals surface area contributed by atoms with Gasteiger partial charge in [-0.1, -0.05) is 126 Å². The average Bonchev–Trinajstić information content (AvgIpc) is 3.86. The Morgan fingerprint density at radius 3 is 1.51 bits per heavy atom. The number of hydrogen-bond acceptors (Lipinski definition) is 4. The zero-order valence-electron chi connectivity index (χ0n) is 30.9. The standard InChI is InChI=1S/C45H62N2S2/c1-5-8-11-28-44(34-40-18-14-30-46-40,36-20-24-42(48-4)25-21-36)38-16-13-17-39(33-38)45(29-12-9-6-2,35-41-19-15-31-47-41)37-22-26-43(27-23-37)49-32-10-7-3/h13,16-17,20-27,33-35,46-47H,5-12,14-15,18-19,28-32H2,1-4H3/b40-34+,41-35+. The Morgan fingerprint density at radius 1 is 0.592 bits per heavy atom. The molecule has 3 aromatic carbocycles. The van der Waals surface area contributed by atoms with Gasteiger partial charge in [-0.15, -0.1) is 23.5 Å². The molecule has 4 heteroatoms. The number of unbranched alkanes of at least 4 members (excludes halogenated alkanes) is 5. The van der Waals surface area contributed by atoms with Crippen LogP contribution in [0.2, 0.25) is 0 Å². The highest BCUT2D eigenvalue weighted by molar-refractivity contribution is 7.99. The zero-order valence-corrected chi connectivity index (χ0v) is 32.6. The van der Waals surface area contributed by atoms with E-state index < -0.39 is 0 Å². The van der Waals surface area contributed by atoms with Gasteiger partial charge in [0.05, 0.1) is 0 Å². The minimum absolute atomic E-state index is 0.192. The lowest BCUT2D eigenvalue weighted by molar-refractivity contribution is 0.512. The molecule has 0 radical (unpaired) electrons. The largest absolute Gasteiger partial charge is 0.389 e. The lowest BCUT2D eigenvalue weighted by Crippen LogP contribution is -2.30.